The Labute approximate surface area is 99.0 Å². The lowest BCUT2D eigenvalue weighted by atomic mass is 10.3. The fraction of sp³-hybridized carbons (Fsp3) is 0. The third kappa shape index (κ3) is 3.02. The normalized spacial score (nSPS) is 10.8. The van der Waals surface area contributed by atoms with E-state index in [1.807, 2.05) is 0 Å². The molecule has 6 heteroatoms. The summed E-state index contributed by atoms with van der Waals surface area (Å²) in [7, 11) is 0. The minimum Gasteiger partial charge on any atom is -0.275 e. The summed E-state index contributed by atoms with van der Waals surface area (Å²) in [6.07, 6.45) is 0. The fourth-order valence-corrected chi connectivity index (χ4v) is 1.74. The summed E-state index contributed by atoms with van der Waals surface area (Å²) in [6, 6.07) is 3.17. The molecule has 0 unspecified atom stereocenters. The lowest BCUT2D eigenvalue weighted by Crippen LogP contribution is -1.89. The van der Waals surface area contributed by atoms with E-state index in [-0.39, 0.29) is 0 Å². The Balaban J connectivity index is 3.05. The number of benzene rings is 1. The van der Waals surface area contributed by atoms with Crippen LogP contribution in [0.3, 0.4) is 0 Å². The van der Waals surface area contributed by atoms with Gasteiger partial charge in [-0.3, -0.25) is 5.43 Å². The lowest BCUT2D eigenvalue weighted by molar-refractivity contribution is 1.36. The number of hydrogen-bond acceptors (Lipinski definition) is 2. The van der Waals surface area contributed by atoms with E-state index < -0.39 is 0 Å². The van der Waals surface area contributed by atoms with Gasteiger partial charge < -0.3 is 0 Å². The van der Waals surface area contributed by atoms with Gasteiger partial charge in [-0.15, -0.1) is 0 Å². The average molecular weight is 302 g/mol. The van der Waals surface area contributed by atoms with Gasteiger partial charge in [-0.05, 0) is 28.1 Å². The molecule has 0 atom stereocenters. The largest absolute Gasteiger partial charge is 0.275 e. The molecule has 0 saturated carbocycles. The average Bonchev–Trinajstić information content (AvgIpc) is 2.02. The molecule has 0 aromatic heterocycles. The molecule has 70 valence electrons. The van der Waals surface area contributed by atoms with Crippen LogP contribution in [0.1, 0.15) is 0 Å². The van der Waals surface area contributed by atoms with Crippen LogP contribution in [0.2, 0.25) is 15.1 Å². The molecule has 0 amide bonds. The van der Waals surface area contributed by atoms with E-state index >= 15 is 0 Å². The molecule has 13 heavy (non-hydrogen) atoms. The molecule has 0 heterocycles. The van der Waals surface area contributed by atoms with Gasteiger partial charge in [0.1, 0.15) is 0 Å². The van der Waals surface area contributed by atoms with Gasteiger partial charge in [0.05, 0.1) is 20.9 Å². The number of rotatable bonds is 2. The van der Waals surface area contributed by atoms with Crippen molar-refractivity contribution < 1.29 is 0 Å². The van der Waals surface area contributed by atoms with Gasteiger partial charge in [-0.25, -0.2) is 0 Å². The Kier molecular flexibility index (Phi) is 4.32. The zero-order chi connectivity index (χ0) is 9.84. The summed E-state index contributed by atoms with van der Waals surface area (Å²) >= 11 is 20.4. The molecule has 1 rings (SSSR count). The van der Waals surface area contributed by atoms with Crippen LogP contribution in [0.4, 0.5) is 5.69 Å². The van der Waals surface area contributed by atoms with Gasteiger partial charge in [0.25, 0.3) is 0 Å². The van der Waals surface area contributed by atoms with Crippen LogP contribution in [0.15, 0.2) is 17.2 Å². The van der Waals surface area contributed by atoms with Crippen molar-refractivity contribution in [3.8, 4) is 0 Å². The first-order chi connectivity index (χ1) is 6.15. The molecule has 0 aliphatic rings. The molecule has 0 radical (unpaired) electrons. The van der Waals surface area contributed by atoms with E-state index in [1.54, 1.807) is 12.1 Å². The van der Waals surface area contributed by atoms with Gasteiger partial charge in [0.15, 0.2) is 0 Å². The van der Waals surface area contributed by atoms with Gasteiger partial charge in [-0.2, -0.15) is 5.10 Å². The van der Waals surface area contributed by atoms with E-state index in [2.05, 4.69) is 26.5 Å². The number of nitrogens with one attached hydrogen (secondary N) is 1. The number of nitrogens with zero attached hydrogens (tertiary/aromatic N) is 1. The van der Waals surface area contributed by atoms with Crippen LogP contribution in [-0.2, 0) is 0 Å². The number of hydrogen-bond donors (Lipinski definition) is 1. The van der Waals surface area contributed by atoms with Crippen molar-refractivity contribution in [3.63, 3.8) is 0 Å². The van der Waals surface area contributed by atoms with Crippen LogP contribution in [0, 0.1) is 0 Å². The topological polar surface area (TPSA) is 24.4 Å². The Morgan fingerprint density at radius 3 is 2.23 bits per heavy atom. The molecular formula is C7H4BrCl3N2. The minimum absolute atomic E-state index is 0.426. The first-order valence-corrected chi connectivity index (χ1v) is 5.22. The van der Waals surface area contributed by atoms with E-state index in [0.29, 0.717) is 20.8 Å². The lowest BCUT2D eigenvalue weighted by Gasteiger charge is -2.05. The third-order valence-corrected chi connectivity index (χ3v) is 2.25. The molecule has 1 N–H and O–H groups in total. The zero-order valence-corrected chi connectivity index (χ0v) is 10.0. The highest BCUT2D eigenvalue weighted by Gasteiger charge is 2.05. The van der Waals surface area contributed by atoms with Crippen molar-refractivity contribution in [3.05, 3.63) is 27.2 Å². The monoisotopic (exact) mass is 300 g/mol. The highest BCUT2D eigenvalue weighted by molar-refractivity contribution is 9.17. The van der Waals surface area contributed by atoms with Crippen molar-refractivity contribution in [2.75, 3.05) is 5.43 Å². The highest BCUT2D eigenvalue weighted by Crippen LogP contribution is 2.33. The van der Waals surface area contributed by atoms with Gasteiger partial charge in [-0.1, -0.05) is 34.8 Å². The first kappa shape index (κ1) is 11.1. The van der Waals surface area contributed by atoms with Gasteiger partial charge in [0, 0.05) is 5.02 Å². The third-order valence-electron chi connectivity index (χ3n) is 1.23. The van der Waals surface area contributed by atoms with Gasteiger partial charge in [0.2, 0.25) is 0 Å². The van der Waals surface area contributed by atoms with E-state index in [1.165, 1.54) is 5.12 Å². The maximum atomic E-state index is 5.85. The van der Waals surface area contributed by atoms with Crippen LogP contribution in [-0.4, -0.2) is 5.12 Å². The van der Waals surface area contributed by atoms with Crippen molar-refractivity contribution in [2.24, 2.45) is 5.10 Å². The predicted octanol–water partition coefficient (Wildman–Crippen LogP) is 4.40. The zero-order valence-electron chi connectivity index (χ0n) is 6.19. The second-order valence-corrected chi connectivity index (χ2v) is 3.74. The molecule has 2 nitrogen and oxygen atoms in total. The van der Waals surface area contributed by atoms with Crippen molar-refractivity contribution in [2.45, 2.75) is 0 Å². The summed E-state index contributed by atoms with van der Waals surface area (Å²) in [4.78, 5) is 0. The molecular weight excluding hydrogens is 298 g/mol. The van der Waals surface area contributed by atoms with Crippen molar-refractivity contribution >= 4 is 61.5 Å². The SMILES string of the molecule is Clc1cc(Cl)c(N/N=C\Br)c(Cl)c1. The summed E-state index contributed by atoms with van der Waals surface area (Å²) in [5, 5.41) is 6.48. The summed E-state index contributed by atoms with van der Waals surface area (Å²) in [5.41, 5.74) is 3.19. The van der Waals surface area contributed by atoms with Crippen LogP contribution in [0.25, 0.3) is 0 Å². The second-order valence-electron chi connectivity index (χ2n) is 2.08. The van der Waals surface area contributed by atoms with Crippen LogP contribution in [0.5, 0.6) is 0 Å². The predicted molar refractivity (Wildman–Crippen MR) is 62.5 cm³/mol. The maximum Gasteiger partial charge on any atom is 0.0935 e. The number of hydrazone groups is 1. The Bertz CT molecular complexity index is 318. The molecule has 0 fully saturated rings. The minimum atomic E-state index is 0.426. The molecule has 0 aliphatic heterocycles. The van der Waals surface area contributed by atoms with Crippen LogP contribution < -0.4 is 5.43 Å². The quantitative estimate of drug-likeness (QED) is 0.635. The smallest absolute Gasteiger partial charge is 0.0935 e. The Hall–Kier alpha value is 0.0400. The van der Waals surface area contributed by atoms with Gasteiger partial charge >= 0.3 is 0 Å². The second kappa shape index (κ2) is 5.05. The Morgan fingerprint density at radius 2 is 1.77 bits per heavy atom. The Morgan fingerprint density at radius 1 is 1.23 bits per heavy atom. The molecule has 0 spiro atoms. The van der Waals surface area contributed by atoms with E-state index in [9.17, 15) is 0 Å². The van der Waals surface area contributed by atoms with Crippen LogP contribution >= 0.6 is 50.7 Å². The summed E-state index contributed by atoms with van der Waals surface area (Å²) < 4.78 is 0. The standard InChI is InChI=1S/C7H4BrCl3N2/c8-3-12-13-7-5(10)1-4(9)2-6(7)11/h1-3,13H/b12-3-. The first-order valence-electron chi connectivity index (χ1n) is 3.17. The maximum absolute atomic E-state index is 5.85. The van der Waals surface area contributed by atoms with E-state index in [4.69, 9.17) is 34.8 Å². The van der Waals surface area contributed by atoms with E-state index in [0.717, 1.165) is 0 Å². The number of anilines is 1. The molecule has 0 saturated heterocycles. The highest BCUT2D eigenvalue weighted by atomic mass is 79.9. The van der Waals surface area contributed by atoms with Crippen molar-refractivity contribution in [1.29, 1.82) is 0 Å². The molecule has 1 aromatic rings. The van der Waals surface area contributed by atoms with Crippen molar-refractivity contribution in [1.82, 2.24) is 0 Å². The fourth-order valence-electron chi connectivity index (χ4n) is 0.738. The molecule has 0 aliphatic carbocycles. The molecule has 1 aromatic carbocycles. The molecule has 0 bridgehead atoms. The summed E-state index contributed by atoms with van der Waals surface area (Å²) in [5.74, 6) is 0. The number of halogens is 4. The summed E-state index contributed by atoms with van der Waals surface area (Å²) in [6.45, 7) is 0.